The number of hydrogen-bond donors (Lipinski definition) is 2. The van der Waals surface area contributed by atoms with Crippen molar-refractivity contribution in [3.05, 3.63) is 33.8 Å². The summed E-state index contributed by atoms with van der Waals surface area (Å²) in [5.74, 6) is -1.26. The van der Waals surface area contributed by atoms with Crippen molar-refractivity contribution >= 4 is 27.8 Å². The van der Waals surface area contributed by atoms with Crippen LogP contribution < -0.4 is 5.32 Å². The molecule has 1 saturated carbocycles. The Morgan fingerprint density at radius 3 is 2.50 bits per heavy atom. The van der Waals surface area contributed by atoms with Gasteiger partial charge in [-0.2, -0.15) is 0 Å². The molecular formula is C15H18BrNO3. The zero-order valence-electron chi connectivity index (χ0n) is 11.4. The van der Waals surface area contributed by atoms with Gasteiger partial charge in [0.2, 0.25) is 0 Å². The summed E-state index contributed by atoms with van der Waals surface area (Å²) < 4.78 is 0.717. The minimum absolute atomic E-state index is 0.329. The molecule has 1 aromatic rings. The molecule has 5 heteroatoms. The van der Waals surface area contributed by atoms with E-state index in [0.717, 1.165) is 24.8 Å². The van der Waals surface area contributed by atoms with E-state index in [1.54, 1.807) is 12.1 Å². The van der Waals surface area contributed by atoms with Gasteiger partial charge >= 0.3 is 5.97 Å². The highest BCUT2D eigenvalue weighted by Gasteiger charge is 2.41. The first-order valence-corrected chi connectivity index (χ1v) is 7.56. The number of aryl methyl sites for hydroxylation is 1. The van der Waals surface area contributed by atoms with Crippen LogP contribution in [0.15, 0.2) is 22.7 Å². The maximum absolute atomic E-state index is 12.4. The average molecular weight is 340 g/mol. The van der Waals surface area contributed by atoms with Crippen LogP contribution in [0.1, 0.15) is 48.0 Å². The highest BCUT2D eigenvalue weighted by molar-refractivity contribution is 9.10. The summed E-state index contributed by atoms with van der Waals surface area (Å²) in [6, 6.07) is 5.39. The Morgan fingerprint density at radius 2 is 1.90 bits per heavy atom. The van der Waals surface area contributed by atoms with E-state index in [9.17, 15) is 14.7 Å². The van der Waals surface area contributed by atoms with Gasteiger partial charge in [-0.1, -0.05) is 31.4 Å². The van der Waals surface area contributed by atoms with E-state index in [1.807, 2.05) is 13.0 Å². The van der Waals surface area contributed by atoms with E-state index in [2.05, 4.69) is 21.2 Å². The summed E-state index contributed by atoms with van der Waals surface area (Å²) in [5.41, 5.74) is 0.320. The molecule has 0 spiro atoms. The number of benzene rings is 1. The summed E-state index contributed by atoms with van der Waals surface area (Å²) in [5, 5.41) is 12.2. The molecule has 0 radical (unpaired) electrons. The lowest BCUT2D eigenvalue weighted by Gasteiger charge is -2.34. The lowest BCUT2D eigenvalue weighted by atomic mass is 9.81. The van der Waals surface area contributed by atoms with E-state index in [1.165, 1.54) is 0 Å². The third-order valence-corrected chi connectivity index (χ3v) is 4.96. The van der Waals surface area contributed by atoms with Crippen molar-refractivity contribution in [2.75, 3.05) is 0 Å². The molecule has 1 aliphatic rings. The van der Waals surface area contributed by atoms with Gasteiger partial charge in [0.15, 0.2) is 0 Å². The second kappa shape index (κ2) is 5.95. The quantitative estimate of drug-likeness (QED) is 0.887. The number of aliphatic carboxylic acids is 1. The number of halogens is 1. The van der Waals surface area contributed by atoms with Crippen molar-refractivity contribution in [1.29, 1.82) is 0 Å². The Balaban J connectivity index is 2.25. The molecule has 0 aliphatic heterocycles. The van der Waals surface area contributed by atoms with Crippen LogP contribution in [-0.4, -0.2) is 22.5 Å². The number of carboxylic acids is 1. The maximum Gasteiger partial charge on any atom is 0.329 e. The minimum Gasteiger partial charge on any atom is -0.480 e. The molecular weight excluding hydrogens is 322 g/mol. The standard InChI is InChI=1S/C15H18BrNO3/c1-10-6-5-7-11(12(10)16)13(18)17-15(14(19)20)8-3-2-4-9-15/h5-7H,2-4,8-9H2,1H3,(H,17,18)(H,19,20). The van der Waals surface area contributed by atoms with E-state index in [0.29, 0.717) is 22.9 Å². The fraction of sp³-hybridized carbons (Fsp3) is 0.467. The van der Waals surface area contributed by atoms with Gasteiger partial charge in [-0.05, 0) is 47.3 Å². The SMILES string of the molecule is Cc1cccc(C(=O)NC2(C(=O)O)CCCCC2)c1Br. The summed E-state index contributed by atoms with van der Waals surface area (Å²) in [7, 11) is 0. The number of rotatable bonds is 3. The van der Waals surface area contributed by atoms with Gasteiger partial charge in [0, 0.05) is 4.47 Å². The van der Waals surface area contributed by atoms with Crippen LogP contribution in [0.5, 0.6) is 0 Å². The molecule has 0 heterocycles. The predicted octanol–water partition coefficient (Wildman–Crippen LogP) is 3.27. The topological polar surface area (TPSA) is 66.4 Å². The van der Waals surface area contributed by atoms with E-state index >= 15 is 0 Å². The average Bonchev–Trinajstić information content (AvgIpc) is 2.42. The Bertz CT molecular complexity index is 536. The molecule has 0 aromatic heterocycles. The van der Waals surface area contributed by atoms with Gasteiger partial charge in [0.1, 0.15) is 5.54 Å². The van der Waals surface area contributed by atoms with Gasteiger partial charge in [0.25, 0.3) is 5.91 Å². The fourth-order valence-corrected chi connectivity index (χ4v) is 3.10. The lowest BCUT2D eigenvalue weighted by molar-refractivity contribution is -0.145. The van der Waals surface area contributed by atoms with Gasteiger partial charge in [-0.3, -0.25) is 4.79 Å². The highest BCUT2D eigenvalue weighted by Crippen LogP contribution is 2.30. The van der Waals surface area contributed by atoms with Crippen LogP contribution in [0.3, 0.4) is 0 Å². The molecule has 1 fully saturated rings. The minimum atomic E-state index is -1.11. The number of amides is 1. The summed E-state index contributed by atoms with van der Waals surface area (Å²) >= 11 is 3.39. The number of carboxylic acid groups (broad SMARTS) is 1. The third kappa shape index (κ3) is 2.87. The maximum atomic E-state index is 12.4. The summed E-state index contributed by atoms with van der Waals surface area (Å²) in [6.45, 7) is 1.90. The first-order chi connectivity index (χ1) is 9.46. The second-order valence-corrected chi connectivity index (χ2v) is 6.13. The van der Waals surface area contributed by atoms with Gasteiger partial charge in [-0.15, -0.1) is 0 Å². The molecule has 2 N–H and O–H groups in total. The number of carbonyl (C=O) groups is 2. The zero-order chi connectivity index (χ0) is 14.8. The van der Waals surface area contributed by atoms with Crippen LogP contribution >= 0.6 is 15.9 Å². The molecule has 20 heavy (non-hydrogen) atoms. The van der Waals surface area contributed by atoms with E-state index in [-0.39, 0.29) is 5.91 Å². The largest absolute Gasteiger partial charge is 0.480 e. The van der Waals surface area contributed by atoms with Crippen molar-refractivity contribution in [2.45, 2.75) is 44.6 Å². The molecule has 1 amide bonds. The summed E-state index contributed by atoms with van der Waals surface area (Å²) in [4.78, 5) is 24.0. The first kappa shape index (κ1) is 15.0. The van der Waals surface area contributed by atoms with Gasteiger partial charge in [-0.25, -0.2) is 4.79 Å². The second-order valence-electron chi connectivity index (χ2n) is 5.34. The van der Waals surface area contributed by atoms with Crippen molar-refractivity contribution in [3.63, 3.8) is 0 Å². The molecule has 108 valence electrons. The normalized spacial score (nSPS) is 17.5. The lowest BCUT2D eigenvalue weighted by Crippen LogP contribution is -2.55. The van der Waals surface area contributed by atoms with Gasteiger partial charge < -0.3 is 10.4 Å². The molecule has 0 bridgehead atoms. The predicted molar refractivity (Wildman–Crippen MR) is 79.8 cm³/mol. The van der Waals surface area contributed by atoms with Crippen molar-refractivity contribution in [2.24, 2.45) is 0 Å². The first-order valence-electron chi connectivity index (χ1n) is 6.77. The van der Waals surface area contributed by atoms with Gasteiger partial charge in [0.05, 0.1) is 5.56 Å². The monoisotopic (exact) mass is 339 g/mol. The van der Waals surface area contributed by atoms with E-state index in [4.69, 9.17) is 0 Å². The number of nitrogens with one attached hydrogen (secondary N) is 1. The van der Waals surface area contributed by atoms with E-state index < -0.39 is 11.5 Å². The van der Waals surface area contributed by atoms with Crippen LogP contribution in [0.4, 0.5) is 0 Å². The van der Waals surface area contributed by atoms with Crippen molar-refractivity contribution < 1.29 is 14.7 Å². The fourth-order valence-electron chi connectivity index (χ4n) is 2.66. The van der Waals surface area contributed by atoms with Crippen LogP contribution in [0.25, 0.3) is 0 Å². The smallest absolute Gasteiger partial charge is 0.329 e. The number of carbonyl (C=O) groups excluding carboxylic acids is 1. The Kier molecular flexibility index (Phi) is 4.48. The van der Waals surface area contributed by atoms with Crippen molar-refractivity contribution in [1.82, 2.24) is 5.32 Å². The third-order valence-electron chi connectivity index (χ3n) is 3.91. The van der Waals surface area contributed by atoms with Crippen LogP contribution in [0.2, 0.25) is 0 Å². The molecule has 0 unspecified atom stereocenters. The molecule has 1 aliphatic carbocycles. The molecule has 1 aromatic carbocycles. The van der Waals surface area contributed by atoms with Crippen LogP contribution in [0, 0.1) is 6.92 Å². The van der Waals surface area contributed by atoms with Crippen LogP contribution in [-0.2, 0) is 4.79 Å². The van der Waals surface area contributed by atoms with Crippen molar-refractivity contribution in [3.8, 4) is 0 Å². The molecule has 4 nitrogen and oxygen atoms in total. The Hall–Kier alpha value is -1.36. The molecule has 0 atom stereocenters. The Labute approximate surface area is 126 Å². The Morgan fingerprint density at radius 1 is 1.25 bits per heavy atom. The molecule has 2 rings (SSSR count). The highest BCUT2D eigenvalue weighted by atomic mass is 79.9. The summed E-state index contributed by atoms with van der Waals surface area (Å²) in [6.07, 6.45) is 3.69. The number of hydrogen-bond acceptors (Lipinski definition) is 2. The molecule has 0 saturated heterocycles. The zero-order valence-corrected chi connectivity index (χ0v) is 13.0.